The number of aliphatic hydroxyl groups excluding tert-OH is 1. The van der Waals surface area contributed by atoms with Gasteiger partial charge in [-0.1, -0.05) is 18.6 Å². The van der Waals surface area contributed by atoms with Gasteiger partial charge in [-0.25, -0.2) is 0 Å². The fourth-order valence-corrected chi connectivity index (χ4v) is 2.68. The molecule has 19 heavy (non-hydrogen) atoms. The van der Waals surface area contributed by atoms with Crippen LogP contribution in [0.4, 0.5) is 5.69 Å². The van der Waals surface area contributed by atoms with Crippen molar-refractivity contribution in [3.63, 3.8) is 0 Å². The van der Waals surface area contributed by atoms with Crippen LogP contribution in [0.1, 0.15) is 37.7 Å². The van der Waals surface area contributed by atoms with Crippen molar-refractivity contribution in [1.82, 2.24) is 4.90 Å². The molecular formula is C16H26N2O. The molecule has 0 saturated carbocycles. The van der Waals surface area contributed by atoms with Crippen LogP contribution >= 0.6 is 0 Å². The third-order valence-corrected chi connectivity index (χ3v) is 3.97. The maximum absolute atomic E-state index is 10.0. The molecule has 0 spiro atoms. The Kier molecular flexibility index (Phi) is 5.67. The van der Waals surface area contributed by atoms with Crippen LogP contribution in [0.15, 0.2) is 24.3 Å². The first-order valence-corrected chi connectivity index (χ1v) is 7.49. The molecule has 0 aromatic heterocycles. The molecule has 0 radical (unpaired) electrons. The molecule has 3 N–H and O–H groups in total. The van der Waals surface area contributed by atoms with Gasteiger partial charge in [-0.15, -0.1) is 0 Å². The summed E-state index contributed by atoms with van der Waals surface area (Å²) in [6, 6.07) is 7.95. The van der Waals surface area contributed by atoms with Gasteiger partial charge >= 0.3 is 0 Å². The summed E-state index contributed by atoms with van der Waals surface area (Å²) in [6.45, 7) is 3.47. The SMILES string of the molecule is Nc1ccc(CCC(O)CCN2CCCCC2)cc1. The summed E-state index contributed by atoms with van der Waals surface area (Å²) >= 11 is 0. The lowest BCUT2D eigenvalue weighted by Gasteiger charge is -2.27. The Bertz CT molecular complexity index is 358. The van der Waals surface area contributed by atoms with Crippen molar-refractivity contribution in [2.24, 2.45) is 0 Å². The highest BCUT2D eigenvalue weighted by molar-refractivity contribution is 5.39. The Morgan fingerprint density at radius 2 is 1.74 bits per heavy atom. The molecule has 106 valence electrons. The third-order valence-electron chi connectivity index (χ3n) is 3.97. The van der Waals surface area contributed by atoms with Crippen molar-refractivity contribution < 1.29 is 5.11 Å². The van der Waals surface area contributed by atoms with E-state index >= 15 is 0 Å². The van der Waals surface area contributed by atoms with Crippen LogP contribution in [0.3, 0.4) is 0 Å². The molecule has 0 amide bonds. The first kappa shape index (κ1) is 14.4. The Morgan fingerprint density at radius 3 is 2.42 bits per heavy atom. The summed E-state index contributed by atoms with van der Waals surface area (Å²) in [7, 11) is 0. The molecular weight excluding hydrogens is 236 g/mol. The molecule has 1 saturated heterocycles. The van der Waals surface area contributed by atoms with Gasteiger partial charge < -0.3 is 15.7 Å². The summed E-state index contributed by atoms with van der Waals surface area (Å²) < 4.78 is 0. The Morgan fingerprint density at radius 1 is 1.05 bits per heavy atom. The van der Waals surface area contributed by atoms with Crippen molar-refractivity contribution in [3.05, 3.63) is 29.8 Å². The number of likely N-dealkylation sites (tertiary alicyclic amines) is 1. The second-order valence-corrected chi connectivity index (χ2v) is 5.63. The third kappa shape index (κ3) is 5.21. The van der Waals surface area contributed by atoms with Crippen molar-refractivity contribution >= 4 is 5.69 Å². The minimum Gasteiger partial charge on any atom is -0.399 e. The predicted octanol–water partition coefficient (Wildman–Crippen LogP) is 2.44. The Hall–Kier alpha value is -1.06. The van der Waals surface area contributed by atoms with Gasteiger partial charge in [0.05, 0.1) is 6.10 Å². The summed E-state index contributed by atoms with van der Waals surface area (Å²) in [5, 5.41) is 10.0. The molecule has 1 aliphatic heterocycles. The molecule has 1 heterocycles. The number of hydrogen-bond donors (Lipinski definition) is 2. The normalized spacial score (nSPS) is 18.4. The van der Waals surface area contributed by atoms with Crippen molar-refractivity contribution in [2.75, 3.05) is 25.4 Å². The second-order valence-electron chi connectivity index (χ2n) is 5.63. The average molecular weight is 262 g/mol. The number of nitrogens with two attached hydrogens (primary N) is 1. The van der Waals surface area contributed by atoms with Crippen LogP contribution in [0.2, 0.25) is 0 Å². The fourth-order valence-electron chi connectivity index (χ4n) is 2.68. The van der Waals surface area contributed by atoms with Crippen LogP contribution in [0, 0.1) is 0 Å². The van der Waals surface area contributed by atoms with Gasteiger partial charge in [-0.2, -0.15) is 0 Å². The number of benzene rings is 1. The van der Waals surface area contributed by atoms with E-state index in [1.165, 1.54) is 37.9 Å². The van der Waals surface area contributed by atoms with Crippen molar-refractivity contribution in [3.8, 4) is 0 Å². The lowest BCUT2D eigenvalue weighted by molar-refractivity contribution is 0.126. The number of aryl methyl sites for hydroxylation is 1. The molecule has 1 fully saturated rings. The van der Waals surface area contributed by atoms with E-state index in [1.807, 2.05) is 24.3 Å². The van der Waals surface area contributed by atoms with E-state index in [1.54, 1.807) is 0 Å². The van der Waals surface area contributed by atoms with E-state index in [0.717, 1.165) is 31.5 Å². The molecule has 0 aliphatic carbocycles. The number of nitrogens with zero attached hydrogens (tertiary/aromatic N) is 1. The number of anilines is 1. The van der Waals surface area contributed by atoms with E-state index in [4.69, 9.17) is 5.73 Å². The molecule has 1 aromatic rings. The van der Waals surface area contributed by atoms with E-state index in [-0.39, 0.29) is 6.10 Å². The number of rotatable bonds is 6. The Labute approximate surface area is 116 Å². The molecule has 2 rings (SSSR count). The van der Waals surface area contributed by atoms with Crippen LogP contribution in [0.5, 0.6) is 0 Å². The lowest BCUT2D eigenvalue weighted by Crippen LogP contribution is -2.32. The number of piperidine rings is 1. The molecule has 1 atom stereocenters. The predicted molar refractivity (Wildman–Crippen MR) is 80.1 cm³/mol. The van der Waals surface area contributed by atoms with E-state index in [0.29, 0.717) is 0 Å². The van der Waals surface area contributed by atoms with Crippen molar-refractivity contribution in [2.45, 2.75) is 44.6 Å². The molecule has 3 heteroatoms. The minimum atomic E-state index is -0.181. The van der Waals surface area contributed by atoms with Gasteiger partial charge in [-0.05, 0) is 62.9 Å². The molecule has 0 bridgehead atoms. The summed E-state index contributed by atoms with van der Waals surface area (Å²) in [5.74, 6) is 0. The van der Waals surface area contributed by atoms with Gasteiger partial charge in [0.15, 0.2) is 0 Å². The smallest absolute Gasteiger partial charge is 0.0555 e. The maximum atomic E-state index is 10.0. The topological polar surface area (TPSA) is 49.5 Å². The Balaban J connectivity index is 1.63. The van der Waals surface area contributed by atoms with Gasteiger partial charge in [0, 0.05) is 12.2 Å². The van der Waals surface area contributed by atoms with Crippen LogP contribution in [0.25, 0.3) is 0 Å². The minimum absolute atomic E-state index is 0.181. The van der Waals surface area contributed by atoms with Crippen LogP contribution in [-0.2, 0) is 6.42 Å². The zero-order valence-electron chi connectivity index (χ0n) is 11.7. The quantitative estimate of drug-likeness (QED) is 0.774. The average Bonchev–Trinajstić information content (AvgIpc) is 2.45. The molecule has 3 nitrogen and oxygen atoms in total. The molecule has 1 unspecified atom stereocenters. The number of aliphatic hydroxyl groups is 1. The zero-order chi connectivity index (χ0) is 13.5. The summed E-state index contributed by atoms with van der Waals surface area (Å²) in [6.07, 6.45) is 6.51. The summed E-state index contributed by atoms with van der Waals surface area (Å²) in [4.78, 5) is 2.48. The van der Waals surface area contributed by atoms with E-state index < -0.39 is 0 Å². The molecule has 1 aromatic carbocycles. The van der Waals surface area contributed by atoms with Gasteiger partial charge in [0.2, 0.25) is 0 Å². The monoisotopic (exact) mass is 262 g/mol. The highest BCUT2D eigenvalue weighted by Gasteiger charge is 2.12. The van der Waals surface area contributed by atoms with Gasteiger partial charge in [0.1, 0.15) is 0 Å². The number of hydrogen-bond acceptors (Lipinski definition) is 3. The maximum Gasteiger partial charge on any atom is 0.0555 e. The highest BCUT2D eigenvalue weighted by Crippen LogP contribution is 2.13. The lowest BCUT2D eigenvalue weighted by atomic mass is 10.0. The first-order chi connectivity index (χ1) is 9.24. The standard InChI is InChI=1S/C16H26N2O/c17-15-7-4-14(5-8-15)6-9-16(19)10-13-18-11-2-1-3-12-18/h4-5,7-8,16,19H,1-3,6,9-13,17H2. The van der Waals surface area contributed by atoms with E-state index in [9.17, 15) is 5.11 Å². The highest BCUT2D eigenvalue weighted by atomic mass is 16.3. The second kappa shape index (κ2) is 7.51. The van der Waals surface area contributed by atoms with Crippen LogP contribution in [-0.4, -0.2) is 35.7 Å². The first-order valence-electron chi connectivity index (χ1n) is 7.49. The number of nitrogen functional groups attached to an aromatic ring is 1. The van der Waals surface area contributed by atoms with Crippen molar-refractivity contribution in [1.29, 1.82) is 0 Å². The summed E-state index contributed by atoms with van der Waals surface area (Å²) in [5.41, 5.74) is 7.71. The molecule has 1 aliphatic rings. The van der Waals surface area contributed by atoms with Crippen LogP contribution < -0.4 is 5.73 Å². The zero-order valence-corrected chi connectivity index (χ0v) is 11.7. The van der Waals surface area contributed by atoms with Gasteiger partial charge in [0.25, 0.3) is 0 Å². The fraction of sp³-hybridized carbons (Fsp3) is 0.625. The largest absolute Gasteiger partial charge is 0.399 e. The van der Waals surface area contributed by atoms with Gasteiger partial charge in [-0.3, -0.25) is 0 Å². The van der Waals surface area contributed by atoms with E-state index in [2.05, 4.69) is 4.90 Å².